The van der Waals surface area contributed by atoms with Crippen molar-refractivity contribution in [1.82, 2.24) is 10.2 Å². The van der Waals surface area contributed by atoms with Gasteiger partial charge in [-0.15, -0.1) is 10.2 Å². The molecule has 0 radical (unpaired) electrons. The molecule has 0 bridgehead atoms. The number of ether oxygens (including phenoxy) is 2. The molecule has 3 aromatic rings. The molecule has 1 aromatic heterocycles. The summed E-state index contributed by atoms with van der Waals surface area (Å²) >= 11 is 4.70. The summed E-state index contributed by atoms with van der Waals surface area (Å²) in [4.78, 5) is 12.5. The fourth-order valence-electron chi connectivity index (χ4n) is 2.76. The highest BCUT2D eigenvalue weighted by Gasteiger charge is 2.13. The molecule has 7 nitrogen and oxygen atoms in total. The Balaban J connectivity index is 1.56. The van der Waals surface area contributed by atoms with E-state index >= 15 is 0 Å². The number of nitrogens with zero attached hydrogens (tertiary/aromatic N) is 3. The van der Waals surface area contributed by atoms with Crippen LogP contribution < -0.4 is 14.8 Å². The SMILES string of the molecule is CC(C)Cc1nnc(NC(=O)/C(C#N)=C\c2cccc(OCCOc3ccc(Br)cc3)c2)s1. The van der Waals surface area contributed by atoms with Crippen molar-refractivity contribution in [2.75, 3.05) is 18.5 Å². The van der Waals surface area contributed by atoms with Gasteiger partial charge in [0.25, 0.3) is 5.91 Å². The molecule has 0 aliphatic heterocycles. The van der Waals surface area contributed by atoms with Crippen molar-refractivity contribution >= 4 is 44.4 Å². The molecule has 170 valence electrons. The van der Waals surface area contributed by atoms with Gasteiger partial charge in [-0.1, -0.05) is 53.2 Å². The molecule has 0 saturated carbocycles. The second-order valence-corrected chi connectivity index (χ2v) is 9.42. The quantitative estimate of drug-likeness (QED) is 0.212. The molecule has 3 rings (SSSR count). The monoisotopic (exact) mass is 526 g/mol. The van der Waals surface area contributed by atoms with Crippen molar-refractivity contribution in [3.8, 4) is 17.6 Å². The highest BCUT2D eigenvalue weighted by Crippen LogP contribution is 2.20. The Bertz CT molecular complexity index is 1150. The minimum Gasteiger partial charge on any atom is -0.490 e. The van der Waals surface area contributed by atoms with Gasteiger partial charge in [-0.3, -0.25) is 10.1 Å². The van der Waals surface area contributed by atoms with Crippen LogP contribution in [0, 0.1) is 17.2 Å². The molecular formula is C24H23BrN4O3S. The number of aromatic nitrogens is 2. The molecule has 33 heavy (non-hydrogen) atoms. The number of carbonyl (C=O) groups excluding carboxylic acids is 1. The number of nitriles is 1. The number of rotatable bonds is 10. The number of carbonyl (C=O) groups is 1. The lowest BCUT2D eigenvalue weighted by atomic mass is 10.1. The zero-order valence-corrected chi connectivity index (χ0v) is 20.6. The molecule has 1 amide bonds. The van der Waals surface area contributed by atoms with Gasteiger partial charge in [0.05, 0.1) is 0 Å². The number of hydrogen-bond donors (Lipinski definition) is 1. The second kappa shape index (κ2) is 12.1. The van der Waals surface area contributed by atoms with Crippen LogP contribution in [0.5, 0.6) is 11.5 Å². The van der Waals surface area contributed by atoms with Gasteiger partial charge in [0.15, 0.2) is 0 Å². The van der Waals surface area contributed by atoms with Crippen LogP contribution in [0.1, 0.15) is 24.4 Å². The van der Waals surface area contributed by atoms with E-state index in [0.717, 1.165) is 21.7 Å². The molecule has 0 spiro atoms. The van der Waals surface area contributed by atoms with Crippen LogP contribution in [0.2, 0.25) is 0 Å². The summed E-state index contributed by atoms with van der Waals surface area (Å²) in [6.07, 6.45) is 2.30. The maximum atomic E-state index is 12.5. The summed E-state index contributed by atoms with van der Waals surface area (Å²) in [5.74, 6) is 1.29. The Hall–Kier alpha value is -3.22. The lowest BCUT2D eigenvalue weighted by molar-refractivity contribution is -0.112. The fourth-order valence-corrected chi connectivity index (χ4v) is 3.97. The minimum absolute atomic E-state index is 0.0358. The van der Waals surface area contributed by atoms with Crippen molar-refractivity contribution in [3.05, 3.63) is 69.1 Å². The highest BCUT2D eigenvalue weighted by molar-refractivity contribution is 9.10. The maximum absolute atomic E-state index is 12.5. The van der Waals surface area contributed by atoms with E-state index in [-0.39, 0.29) is 5.57 Å². The molecule has 0 saturated heterocycles. The molecule has 0 fully saturated rings. The smallest absolute Gasteiger partial charge is 0.268 e. The van der Waals surface area contributed by atoms with Crippen molar-refractivity contribution in [3.63, 3.8) is 0 Å². The number of amides is 1. The van der Waals surface area contributed by atoms with Crippen LogP contribution in [-0.2, 0) is 11.2 Å². The van der Waals surface area contributed by atoms with Crippen LogP contribution in [0.3, 0.4) is 0 Å². The van der Waals surface area contributed by atoms with Crippen molar-refractivity contribution in [1.29, 1.82) is 5.26 Å². The van der Waals surface area contributed by atoms with Crippen LogP contribution in [0.25, 0.3) is 6.08 Å². The zero-order chi connectivity index (χ0) is 23.6. The Morgan fingerprint density at radius 2 is 1.88 bits per heavy atom. The Morgan fingerprint density at radius 3 is 2.58 bits per heavy atom. The van der Waals surface area contributed by atoms with Gasteiger partial charge in [0.2, 0.25) is 5.13 Å². The van der Waals surface area contributed by atoms with Gasteiger partial charge in [0, 0.05) is 10.9 Å². The predicted molar refractivity (Wildman–Crippen MR) is 132 cm³/mol. The van der Waals surface area contributed by atoms with Crippen LogP contribution in [0.15, 0.2) is 58.6 Å². The van der Waals surface area contributed by atoms with E-state index in [2.05, 4.69) is 45.3 Å². The number of nitrogens with one attached hydrogen (secondary N) is 1. The van der Waals surface area contributed by atoms with Gasteiger partial charge in [-0.05, 0) is 54.0 Å². The van der Waals surface area contributed by atoms with E-state index < -0.39 is 5.91 Å². The first-order valence-electron chi connectivity index (χ1n) is 10.3. The normalized spacial score (nSPS) is 11.2. The average molecular weight is 527 g/mol. The number of benzene rings is 2. The van der Waals surface area contributed by atoms with E-state index in [9.17, 15) is 10.1 Å². The van der Waals surface area contributed by atoms with Crippen molar-refractivity contribution in [2.45, 2.75) is 20.3 Å². The largest absolute Gasteiger partial charge is 0.490 e. The topological polar surface area (TPSA) is 97.1 Å². The van der Waals surface area contributed by atoms with Crippen LogP contribution in [0.4, 0.5) is 5.13 Å². The molecule has 0 aliphatic carbocycles. The van der Waals surface area contributed by atoms with Gasteiger partial charge < -0.3 is 9.47 Å². The predicted octanol–water partition coefficient (Wildman–Crippen LogP) is 5.50. The van der Waals surface area contributed by atoms with E-state index in [4.69, 9.17) is 9.47 Å². The van der Waals surface area contributed by atoms with E-state index in [0.29, 0.717) is 35.6 Å². The first-order valence-corrected chi connectivity index (χ1v) is 11.9. The second-order valence-electron chi connectivity index (χ2n) is 7.45. The summed E-state index contributed by atoms with van der Waals surface area (Å²) < 4.78 is 12.4. The van der Waals surface area contributed by atoms with Crippen LogP contribution in [-0.4, -0.2) is 29.3 Å². The molecule has 0 unspecified atom stereocenters. The number of halogens is 1. The Morgan fingerprint density at radius 1 is 1.15 bits per heavy atom. The minimum atomic E-state index is -0.529. The zero-order valence-electron chi connectivity index (χ0n) is 18.2. The Kier molecular flexibility index (Phi) is 8.98. The molecule has 0 aliphatic rings. The van der Waals surface area contributed by atoms with Gasteiger partial charge >= 0.3 is 0 Å². The van der Waals surface area contributed by atoms with Crippen molar-refractivity contribution in [2.24, 2.45) is 5.92 Å². The van der Waals surface area contributed by atoms with Crippen molar-refractivity contribution < 1.29 is 14.3 Å². The Labute approximate surface area is 205 Å². The summed E-state index contributed by atoms with van der Waals surface area (Å²) in [6, 6.07) is 16.7. The van der Waals surface area contributed by atoms with Gasteiger partial charge in [-0.25, -0.2) is 0 Å². The maximum Gasteiger partial charge on any atom is 0.268 e. The van der Waals surface area contributed by atoms with Gasteiger partial charge in [-0.2, -0.15) is 5.26 Å². The van der Waals surface area contributed by atoms with Crippen LogP contribution >= 0.6 is 27.3 Å². The first-order chi connectivity index (χ1) is 15.9. The summed E-state index contributed by atoms with van der Waals surface area (Å²) in [5.41, 5.74) is 0.636. The lowest BCUT2D eigenvalue weighted by Gasteiger charge is -2.09. The summed E-state index contributed by atoms with van der Waals surface area (Å²) in [7, 11) is 0. The highest BCUT2D eigenvalue weighted by atomic mass is 79.9. The third-order valence-corrected chi connectivity index (χ3v) is 5.63. The molecule has 0 atom stereocenters. The summed E-state index contributed by atoms with van der Waals surface area (Å²) in [6.45, 7) is 4.91. The molecule has 1 N–H and O–H groups in total. The molecule has 1 heterocycles. The van der Waals surface area contributed by atoms with E-state index in [1.54, 1.807) is 24.3 Å². The molecule has 2 aromatic carbocycles. The number of anilines is 1. The third-order valence-electron chi connectivity index (χ3n) is 4.24. The third kappa shape index (κ3) is 8.00. The standard InChI is InChI=1S/C24H23BrN4O3S/c1-16(2)12-22-28-29-24(33-22)27-23(30)18(15-26)13-17-4-3-5-21(14-17)32-11-10-31-20-8-6-19(25)7-9-20/h3-9,13-14,16H,10-12H2,1-2H3,(H,27,29,30)/b18-13-. The fraction of sp³-hybridized carbons (Fsp3) is 0.250. The van der Waals surface area contributed by atoms with E-state index in [1.165, 1.54) is 17.4 Å². The average Bonchev–Trinajstić information content (AvgIpc) is 3.22. The van der Waals surface area contributed by atoms with Gasteiger partial charge in [0.1, 0.15) is 41.4 Å². The molecular weight excluding hydrogens is 504 g/mol. The first kappa shape index (κ1) is 24.4. The lowest BCUT2D eigenvalue weighted by Crippen LogP contribution is -2.13. The number of hydrogen-bond acceptors (Lipinski definition) is 7. The van der Waals surface area contributed by atoms with E-state index in [1.807, 2.05) is 30.3 Å². The molecule has 9 heteroatoms. The summed E-state index contributed by atoms with van der Waals surface area (Å²) in [5, 5.41) is 21.4.